The lowest BCUT2D eigenvalue weighted by Gasteiger charge is -2.38. The molecule has 0 spiro atoms. The van der Waals surface area contributed by atoms with E-state index in [4.69, 9.17) is 14.4 Å². The molecule has 1 aliphatic heterocycles. The lowest BCUT2D eigenvalue weighted by atomic mass is 9.80. The molecule has 0 amide bonds. The van der Waals surface area contributed by atoms with E-state index < -0.39 is 5.97 Å². The molecule has 0 aromatic heterocycles. The lowest BCUT2D eigenvalue weighted by molar-refractivity contribution is -0.133. The van der Waals surface area contributed by atoms with E-state index in [1.54, 1.807) is 0 Å². The molecule has 0 radical (unpaired) electrons. The Bertz CT molecular complexity index is 247. The Balaban J connectivity index is 2.23. The van der Waals surface area contributed by atoms with Crippen LogP contribution in [-0.4, -0.2) is 41.4 Å². The predicted molar refractivity (Wildman–Crippen MR) is 65.8 cm³/mol. The predicted octanol–water partition coefficient (Wildman–Crippen LogP) is 1.90. The summed E-state index contributed by atoms with van der Waals surface area (Å²) in [6.45, 7) is 6.16. The minimum atomic E-state index is -0.774. The number of rotatable bonds is 5. The van der Waals surface area contributed by atoms with E-state index in [1.165, 1.54) is 11.8 Å². The van der Waals surface area contributed by atoms with Gasteiger partial charge in [-0.2, -0.15) is 11.8 Å². The highest BCUT2D eigenvalue weighted by Gasteiger charge is 2.36. The molecule has 0 aliphatic carbocycles. The zero-order valence-corrected chi connectivity index (χ0v) is 10.9. The van der Waals surface area contributed by atoms with Gasteiger partial charge in [0.05, 0.1) is 11.4 Å². The van der Waals surface area contributed by atoms with Gasteiger partial charge in [-0.3, -0.25) is 4.79 Å². The first-order chi connectivity index (χ1) is 7.39. The smallest absolute Gasteiger partial charge is 0.458 e. The second-order valence-electron chi connectivity index (χ2n) is 4.69. The number of hydrogen-bond acceptors (Lipinski definition) is 4. The van der Waals surface area contributed by atoms with Crippen LogP contribution in [0.3, 0.4) is 0 Å². The number of aliphatic carboxylic acids is 1. The number of carboxylic acids is 1. The SMILES string of the molecule is CC1CC(C)(C)OB(CCSCC(=O)O)O1. The molecule has 1 fully saturated rings. The molecule has 0 saturated carbocycles. The first-order valence-corrected chi connectivity index (χ1v) is 6.67. The molecule has 1 atom stereocenters. The summed E-state index contributed by atoms with van der Waals surface area (Å²) >= 11 is 1.40. The zero-order chi connectivity index (χ0) is 12.2. The van der Waals surface area contributed by atoms with E-state index in [-0.39, 0.29) is 24.6 Å². The van der Waals surface area contributed by atoms with Crippen LogP contribution < -0.4 is 0 Å². The number of carboxylic acid groups (broad SMARTS) is 1. The van der Waals surface area contributed by atoms with E-state index in [1.807, 2.05) is 6.92 Å². The van der Waals surface area contributed by atoms with Crippen molar-refractivity contribution in [2.45, 2.75) is 45.2 Å². The summed E-state index contributed by atoms with van der Waals surface area (Å²) in [6.07, 6.45) is 1.84. The highest BCUT2D eigenvalue weighted by molar-refractivity contribution is 7.99. The third-order valence-corrected chi connectivity index (χ3v) is 3.31. The number of thioether (sulfide) groups is 1. The zero-order valence-electron chi connectivity index (χ0n) is 10.1. The summed E-state index contributed by atoms with van der Waals surface area (Å²) < 4.78 is 11.4. The molecule has 0 aromatic rings. The normalized spacial score (nSPS) is 24.4. The fourth-order valence-corrected chi connectivity index (χ4v) is 2.58. The maximum absolute atomic E-state index is 10.3. The molecule has 1 unspecified atom stereocenters. The van der Waals surface area contributed by atoms with Gasteiger partial charge in [0, 0.05) is 6.10 Å². The van der Waals surface area contributed by atoms with Crippen molar-refractivity contribution < 1.29 is 19.2 Å². The molecule has 4 nitrogen and oxygen atoms in total. The summed E-state index contributed by atoms with van der Waals surface area (Å²) in [7, 11) is -0.194. The molecule has 1 aliphatic rings. The van der Waals surface area contributed by atoms with Gasteiger partial charge < -0.3 is 14.4 Å². The summed E-state index contributed by atoms with van der Waals surface area (Å²) in [4.78, 5) is 10.3. The maximum atomic E-state index is 10.3. The quantitative estimate of drug-likeness (QED) is 0.593. The Kier molecular flexibility index (Phi) is 5.14. The van der Waals surface area contributed by atoms with Crippen molar-refractivity contribution in [2.24, 2.45) is 0 Å². The Labute approximate surface area is 101 Å². The third-order valence-electron chi connectivity index (χ3n) is 2.34. The van der Waals surface area contributed by atoms with Crippen LogP contribution in [0.5, 0.6) is 0 Å². The van der Waals surface area contributed by atoms with Gasteiger partial charge in [-0.25, -0.2) is 0 Å². The average molecular weight is 246 g/mol. The van der Waals surface area contributed by atoms with Gasteiger partial charge in [0.1, 0.15) is 0 Å². The van der Waals surface area contributed by atoms with Crippen LogP contribution in [0.1, 0.15) is 27.2 Å². The Morgan fingerprint density at radius 1 is 1.62 bits per heavy atom. The fourth-order valence-electron chi connectivity index (χ4n) is 1.90. The molecule has 16 heavy (non-hydrogen) atoms. The Morgan fingerprint density at radius 3 is 2.88 bits per heavy atom. The molecular formula is C10H19BO4S. The highest BCUT2D eigenvalue weighted by atomic mass is 32.2. The van der Waals surface area contributed by atoms with Crippen molar-refractivity contribution in [3.63, 3.8) is 0 Å². The molecule has 0 aromatic carbocycles. The second-order valence-corrected chi connectivity index (χ2v) is 5.80. The topological polar surface area (TPSA) is 55.8 Å². The molecule has 6 heteroatoms. The van der Waals surface area contributed by atoms with Crippen LogP contribution in [-0.2, 0) is 14.1 Å². The van der Waals surface area contributed by atoms with Crippen molar-refractivity contribution in [1.29, 1.82) is 0 Å². The minimum Gasteiger partial charge on any atom is -0.481 e. The summed E-state index contributed by atoms with van der Waals surface area (Å²) in [5.74, 6) is 0.120. The third kappa shape index (κ3) is 5.23. The van der Waals surface area contributed by atoms with Gasteiger partial charge in [0.15, 0.2) is 0 Å². The van der Waals surface area contributed by atoms with E-state index in [0.29, 0.717) is 0 Å². The highest BCUT2D eigenvalue weighted by Crippen LogP contribution is 2.27. The Morgan fingerprint density at radius 2 is 2.31 bits per heavy atom. The van der Waals surface area contributed by atoms with Crippen LogP contribution in [0.25, 0.3) is 0 Å². The molecule has 0 bridgehead atoms. The fraction of sp³-hybridized carbons (Fsp3) is 0.900. The van der Waals surface area contributed by atoms with E-state index in [9.17, 15) is 4.79 Å². The molecule has 1 rings (SSSR count). The summed E-state index contributed by atoms with van der Waals surface area (Å²) in [5, 5.41) is 8.49. The molecule has 1 heterocycles. The molecule has 1 N–H and O–H groups in total. The van der Waals surface area contributed by atoms with Gasteiger partial charge in [0.2, 0.25) is 0 Å². The molecule has 1 saturated heterocycles. The minimum absolute atomic E-state index is 0.139. The standard InChI is InChI=1S/C10H19BO4S/c1-8-6-10(2,3)15-11(14-8)4-5-16-7-9(12)13/h8H,4-7H2,1-3H3,(H,12,13). The average Bonchev–Trinajstić information content (AvgIpc) is 2.08. The van der Waals surface area contributed by atoms with Crippen LogP contribution in [0.4, 0.5) is 0 Å². The van der Waals surface area contributed by atoms with Gasteiger partial charge >= 0.3 is 13.1 Å². The van der Waals surface area contributed by atoms with Gasteiger partial charge in [-0.05, 0) is 39.3 Å². The van der Waals surface area contributed by atoms with Crippen LogP contribution >= 0.6 is 11.8 Å². The van der Waals surface area contributed by atoms with E-state index >= 15 is 0 Å². The monoisotopic (exact) mass is 246 g/mol. The summed E-state index contributed by atoms with van der Waals surface area (Å²) in [5.41, 5.74) is -0.139. The maximum Gasteiger partial charge on any atom is 0.458 e. The number of hydrogen-bond donors (Lipinski definition) is 1. The molecular weight excluding hydrogens is 227 g/mol. The van der Waals surface area contributed by atoms with Gasteiger partial charge in [-0.1, -0.05) is 0 Å². The first-order valence-electron chi connectivity index (χ1n) is 5.52. The van der Waals surface area contributed by atoms with E-state index in [2.05, 4.69) is 13.8 Å². The molecule has 92 valence electrons. The number of carbonyl (C=O) groups is 1. The van der Waals surface area contributed by atoms with Gasteiger partial charge in [-0.15, -0.1) is 0 Å². The van der Waals surface area contributed by atoms with E-state index in [0.717, 1.165) is 18.5 Å². The van der Waals surface area contributed by atoms with Crippen molar-refractivity contribution >= 4 is 24.8 Å². The largest absolute Gasteiger partial charge is 0.481 e. The Hall–Kier alpha value is -0.195. The lowest BCUT2D eigenvalue weighted by Crippen LogP contribution is -2.45. The second kappa shape index (κ2) is 5.93. The van der Waals surface area contributed by atoms with Crippen molar-refractivity contribution in [1.82, 2.24) is 0 Å². The first kappa shape index (κ1) is 13.9. The van der Waals surface area contributed by atoms with Crippen LogP contribution in [0.2, 0.25) is 6.32 Å². The van der Waals surface area contributed by atoms with Crippen LogP contribution in [0.15, 0.2) is 0 Å². The van der Waals surface area contributed by atoms with Crippen molar-refractivity contribution in [3.05, 3.63) is 0 Å². The van der Waals surface area contributed by atoms with Gasteiger partial charge in [0.25, 0.3) is 0 Å². The van der Waals surface area contributed by atoms with Crippen molar-refractivity contribution in [3.8, 4) is 0 Å². The summed E-state index contributed by atoms with van der Waals surface area (Å²) in [6, 6.07) is 0. The van der Waals surface area contributed by atoms with Crippen molar-refractivity contribution in [2.75, 3.05) is 11.5 Å². The van der Waals surface area contributed by atoms with Crippen LogP contribution in [0, 0.1) is 0 Å².